The molecule has 3 N–H and O–H groups in total. The summed E-state index contributed by atoms with van der Waals surface area (Å²) in [6.45, 7) is 10.3. The Bertz CT molecular complexity index is 221. The van der Waals surface area contributed by atoms with Crippen LogP contribution in [0.2, 0.25) is 0 Å². The topological polar surface area (TPSA) is 55.1 Å². The van der Waals surface area contributed by atoms with Crippen molar-refractivity contribution in [1.82, 2.24) is 5.32 Å². The Kier molecular flexibility index (Phi) is 7.44. The highest BCUT2D eigenvalue weighted by atomic mass is 16.2. The molecule has 0 bridgehead atoms. The second-order valence-corrected chi connectivity index (χ2v) is 5.98. The second kappa shape index (κ2) is 7.70. The van der Waals surface area contributed by atoms with Gasteiger partial charge in [0.05, 0.1) is 6.04 Å². The van der Waals surface area contributed by atoms with Crippen molar-refractivity contribution in [2.45, 2.75) is 78.8 Å². The first kappa shape index (κ1) is 16.4. The van der Waals surface area contributed by atoms with E-state index in [4.69, 9.17) is 5.73 Å². The van der Waals surface area contributed by atoms with Crippen LogP contribution in [0.25, 0.3) is 0 Å². The third kappa shape index (κ3) is 6.67. The van der Waals surface area contributed by atoms with E-state index in [0.717, 1.165) is 25.7 Å². The lowest BCUT2D eigenvalue weighted by atomic mass is 9.86. The lowest BCUT2D eigenvalue weighted by Gasteiger charge is -2.28. The molecular weight excluding hydrogens is 212 g/mol. The number of carbonyl (C=O) groups excluding carboxylic acids is 1. The van der Waals surface area contributed by atoms with Crippen molar-refractivity contribution in [2.75, 3.05) is 0 Å². The van der Waals surface area contributed by atoms with E-state index in [1.807, 2.05) is 20.8 Å². The number of carbonyl (C=O) groups is 1. The summed E-state index contributed by atoms with van der Waals surface area (Å²) < 4.78 is 0. The average Bonchev–Trinajstić information content (AvgIpc) is 2.23. The molecule has 3 heteroatoms. The van der Waals surface area contributed by atoms with Crippen LogP contribution >= 0.6 is 0 Å². The number of hydrogen-bond donors (Lipinski definition) is 2. The Balaban J connectivity index is 4.29. The summed E-state index contributed by atoms with van der Waals surface area (Å²) in [6.07, 6.45) is 5.53. The predicted molar refractivity (Wildman–Crippen MR) is 73.8 cm³/mol. The molecule has 1 unspecified atom stereocenters. The third-order valence-electron chi connectivity index (χ3n) is 3.11. The van der Waals surface area contributed by atoms with Crippen molar-refractivity contribution in [3.8, 4) is 0 Å². The number of hydrogen-bond acceptors (Lipinski definition) is 2. The van der Waals surface area contributed by atoms with Gasteiger partial charge in [-0.25, -0.2) is 0 Å². The number of unbranched alkanes of at least 4 members (excludes halogenated alkanes) is 1. The second-order valence-electron chi connectivity index (χ2n) is 5.98. The molecule has 0 aromatic carbocycles. The van der Waals surface area contributed by atoms with Crippen LogP contribution in [-0.2, 0) is 4.79 Å². The van der Waals surface area contributed by atoms with E-state index in [-0.39, 0.29) is 11.3 Å². The first-order valence-corrected chi connectivity index (χ1v) is 6.88. The SMILES string of the molecule is CCCCC(CCC)NC(=O)[C@H](N)C(C)(C)C. The number of amides is 1. The van der Waals surface area contributed by atoms with Gasteiger partial charge in [0.15, 0.2) is 0 Å². The molecule has 0 aromatic rings. The molecule has 1 amide bonds. The highest BCUT2D eigenvalue weighted by Gasteiger charge is 2.28. The lowest BCUT2D eigenvalue weighted by molar-refractivity contribution is -0.125. The molecule has 2 atom stereocenters. The van der Waals surface area contributed by atoms with Gasteiger partial charge in [0.25, 0.3) is 0 Å². The molecule has 0 heterocycles. The van der Waals surface area contributed by atoms with Crippen molar-refractivity contribution in [1.29, 1.82) is 0 Å². The van der Waals surface area contributed by atoms with Gasteiger partial charge in [-0.3, -0.25) is 4.79 Å². The summed E-state index contributed by atoms with van der Waals surface area (Å²) in [5, 5.41) is 3.10. The average molecular weight is 242 g/mol. The molecule has 0 saturated heterocycles. The van der Waals surface area contributed by atoms with Crippen LogP contribution in [0, 0.1) is 5.41 Å². The van der Waals surface area contributed by atoms with Gasteiger partial charge >= 0.3 is 0 Å². The van der Waals surface area contributed by atoms with Crippen molar-refractivity contribution in [3.05, 3.63) is 0 Å². The Morgan fingerprint density at radius 1 is 1.18 bits per heavy atom. The first-order chi connectivity index (χ1) is 7.82. The molecule has 0 spiro atoms. The summed E-state index contributed by atoms with van der Waals surface area (Å²) in [5.74, 6) is -0.00736. The molecular formula is C14H30N2O. The van der Waals surface area contributed by atoms with E-state index in [2.05, 4.69) is 19.2 Å². The van der Waals surface area contributed by atoms with Crippen LogP contribution < -0.4 is 11.1 Å². The zero-order chi connectivity index (χ0) is 13.5. The molecule has 3 nitrogen and oxygen atoms in total. The van der Waals surface area contributed by atoms with Crippen LogP contribution in [0.3, 0.4) is 0 Å². The van der Waals surface area contributed by atoms with E-state index in [1.165, 1.54) is 6.42 Å². The van der Waals surface area contributed by atoms with Crippen LogP contribution in [0.5, 0.6) is 0 Å². The fourth-order valence-electron chi connectivity index (χ4n) is 1.77. The fourth-order valence-corrected chi connectivity index (χ4v) is 1.77. The Labute approximate surface area is 107 Å². The lowest BCUT2D eigenvalue weighted by Crippen LogP contribution is -2.51. The summed E-state index contributed by atoms with van der Waals surface area (Å²) in [6, 6.07) is -0.135. The molecule has 0 radical (unpaired) electrons. The van der Waals surface area contributed by atoms with Gasteiger partial charge < -0.3 is 11.1 Å². The minimum atomic E-state index is -0.427. The Morgan fingerprint density at radius 2 is 1.76 bits per heavy atom. The van der Waals surface area contributed by atoms with E-state index >= 15 is 0 Å². The quantitative estimate of drug-likeness (QED) is 0.721. The zero-order valence-corrected chi connectivity index (χ0v) is 12.2. The van der Waals surface area contributed by atoms with E-state index < -0.39 is 6.04 Å². The maximum atomic E-state index is 12.0. The van der Waals surface area contributed by atoms with Gasteiger partial charge in [-0.2, -0.15) is 0 Å². The van der Waals surface area contributed by atoms with Crippen molar-refractivity contribution in [3.63, 3.8) is 0 Å². The normalized spacial score (nSPS) is 15.4. The molecule has 102 valence electrons. The Hall–Kier alpha value is -0.570. The number of rotatable bonds is 7. The first-order valence-electron chi connectivity index (χ1n) is 6.88. The predicted octanol–water partition coefficient (Wildman–Crippen LogP) is 2.83. The Morgan fingerprint density at radius 3 is 2.18 bits per heavy atom. The molecule has 0 aliphatic rings. The monoisotopic (exact) mass is 242 g/mol. The molecule has 0 aliphatic heterocycles. The van der Waals surface area contributed by atoms with E-state index in [9.17, 15) is 4.79 Å². The van der Waals surface area contributed by atoms with Crippen LogP contribution in [-0.4, -0.2) is 18.0 Å². The van der Waals surface area contributed by atoms with Gasteiger partial charge in [-0.05, 0) is 18.3 Å². The minimum absolute atomic E-state index is 0.00736. The molecule has 0 rings (SSSR count). The van der Waals surface area contributed by atoms with Crippen molar-refractivity contribution in [2.24, 2.45) is 11.1 Å². The van der Waals surface area contributed by atoms with Gasteiger partial charge in [-0.1, -0.05) is 53.9 Å². The molecule has 0 aromatic heterocycles. The van der Waals surface area contributed by atoms with Gasteiger partial charge in [0.1, 0.15) is 0 Å². The van der Waals surface area contributed by atoms with Crippen LogP contribution in [0.15, 0.2) is 0 Å². The van der Waals surface area contributed by atoms with Crippen LogP contribution in [0.1, 0.15) is 66.7 Å². The molecule has 0 aliphatic carbocycles. The maximum Gasteiger partial charge on any atom is 0.237 e. The summed E-state index contributed by atoms with van der Waals surface area (Å²) in [7, 11) is 0. The highest BCUT2D eigenvalue weighted by Crippen LogP contribution is 2.18. The largest absolute Gasteiger partial charge is 0.352 e. The summed E-state index contributed by atoms with van der Waals surface area (Å²) >= 11 is 0. The van der Waals surface area contributed by atoms with Gasteiger partial charge in [-0.15, -0.1) is 0 Å². The minimum Gasteiger partial charge on any atom is -0.352 e. The maximum absolute atomic E-state index is 12.0. The highest BCUT2D eigenvalue weighted by molar-refractivity contribution is 5.82. The van der Waals surface area contributed by atoms with Crippen LogP contribution in [0.4, 0.5) is 0 Å². The van der Waals surface area contributed by atoms with Crippen molar-refractivity contribution < 1.29 is 4.79 Å². The summed E-state index contributed by atoms with van der Waals surface area (Å²) in [4.78, 5) is 12.0. The smallest absolute Gasteiger partial charge is 0.237 e. The fraction of sp³-hybridized carbons (Fsp3) is 0.929. The number of nitrogens with one attached hydrogen (secondary N) is 1. The van der Waals surface area contributed by atoms with Crippen molar-refractivity contribution >= 4 is 5.91 Å². The standard InChI is InChI=1S/C14H30N2O/c1-6-8-10-11(9-7-2)16-13(17)12(15)14(3,4)5/h11-12H,6-10,15H2,1-5H3,(H,16,17)/t11?,12-/m0/s1. The van der Waals surface area contributed by atoms with E-state index in [0.29, 0.717) is 6.04 Å². The molecule has 0 saturated carbocycles. The summed E-state index contributed by atoms with van der Waals surface area (Å²) in [5.41, 5.74) is 5.78. The van der Waals surface area contributed by atoms with Gasteiger partial charge in [0.2, 0.25) is 5.91 Å². The van der Waals surface area contributed by atoms with E-state index in [1.54, 1.807) is 0 Å². The zero-order valence-electron chi connectivity index (χ0n) is 12.2. The van der Waals surface area contributed by atoms with Gasteiger partial charge in [0, 0.05) is 6.04 Å². The molecule has 0 fully saturated rings. The third-order valence-corrected chi connectivity index (χ3v) is 3.11. The molecule has 17 heavy (non-hydrogen) atoms. The number of nitrogens with two attached hydrogens (primary N) is 1.